The van der Waals surface area contributed by atoms with Gasteiger partial charge in [0.05, 0.1) is 0 Å². The van der Waals surface area contributed by atoms with Gasteiger partial charge in [0.1, 0.15) is 10.9 Å². The van der Waals surface area contributed by atoms with Crippen molar-refractivity contribution in [1.29, 1.82) is 0 Å². The monoisotopic (exact) mass is 347 g/mol. The first kappa shape index (κ1) is 15.8. The highest BCUT2D eigenvalue weighted by Crippen LogP contribution is 2.34. The normalized spacial score (nSPS) is 12.5. The van der Waals surface area contributed by atoms with Crippen molar-refractivity contribution in [2.45, 2.75) is 19.9 Å². The molecule has 23 heavy (non-hydrogen) atoms. The van der Waals surface area contributed by atoms with E-state index < -0.39 is 12.0 Å². The summed E-state index contributed by atoms with van der Waals surface area (Å²) in [5, 5.41) is 12.5. The summed E-state index contributed by atoms with van der Waals surface area (Å²) < 4.78 is 1.65. The summed E-state index contributed by atoms with van der Waals surface area (Å²) in [6.07, 6.45) is 1.64. The second kappa shape index (κ2) is 5.83. The summed E-state index contributed by atoms with van der Waals surface area (Å²) in [5.41, 5.74) is 1.96. The maximum absolute atomic E-state index is 12.9. The molecular weight excluding hydrogens is 334 g/mol. The maximum Gasteiger partial charge on any atom is 0.326 e. The van der Waals surface area contributed by atoms with Crippen LogP contribution in [0, 0.1) is 6.92 Å². The molecule has 0 saturated heterocycles. The summed E-state index contributed by atoms with van der Waals surface area (Å²) in [6.45, 7) is 3.52. The summed E-state index contributed by atoms with van der Waals surface area (Å²) in [6, 6.07) is 6.03. The van der Waals surface area contributed by atoms with Crippen molar-refractivity contribution in [2.75, 3.05) is 0 Å². The predicted octanol–water partition coefficient (Wildman–Crippen LogP) is 4.54. The molecule has 0 radical (unpaired) electrons. The molecule has 0 amide bonds. The SMILES string of the molecule is Cc1csc2c1c(C(=O)c1cccc(Cl)c1)cn2C(C)C(=O)O. The van der Waals surface area contributed by atoms with E-state index in [0.717, 1.165) is 15.8 Å². The molecule has 1 atom stereocenters. The fraction of sp³-hybridized carbons (Fsp3) is 0.176. The summed E-state index contributed by atoms with van der Waals surface area (Å²) >= 11 is 7.41. The second-order valence-electron chi connectivity index (χ2n) is 5.40. The topological polar surface area (TPSA) is 59.3 Å². The number of halogens is 1. The van der Waals surface area contributed by atoms with Crippen LogP contribution in [0.2, 0.25) is 5.02 Å². The van der Waals surface area contributed by atoms with Crippen molar-refractivity contribution in [3.63, 3.8) is 0 Å². The molecule has 4 nitrogen and oxygen atoms in total. The molecule has 0 saturated carbocycles. The number of carboxylic acids is 1. The van der Waals surface area contributed by atoms with Gasteiger partial charge in [-0.05, 0) is 36.9 Å². The van der Waals surface area contributed by atoms with Gasteiger partial charge < -0.3 is 9.67 Å². The molecular formula is C17H14ClNO3S. The third kappa shape index (κ3) is 2.66. The van der Waals surface area contributed by atoms with E-state index in [9.17, 15) is 14.7 Å². The zero-order valence-corrected chi connectivity index (χ0v) is 14.1. The number of fused-ring (bicyclic) bond motifs is 1. The first-order valence-electron chi connectivity index (χ1n) is 7.02. The number of hydrogen-bond donors (Lipinski definition) is 1. The Morgan fingerprint density at radius 2 is 2.09 bits per heavy atom. The Balaban J connectivity index is 2.20. The summed E-state index contributed by atoms with van der Waals surface area (Å²) in [4.78, 5) is 25.0. The van der Waals surface area contributed by atoms with Gasteiger partial charge in [-0.25, -0.2) is 4.79 Å². The Morgan fingerprint density at radius 3 is 2.74 bits per heavy atom. The van der Waals surface area contributed by atoms with Gasteiger partial charge in [-0.3, -0.25) is 4.79 Å². The van der Waals surface area contributed by atoms with Crippen LogP contribution in [0.4, 0.5) is 0 Å². The van der Waals surface area contributed by atoms with Gasteiger partial charge in [-0.15, -0.1) is 11.3 Å². The van der Waals surface area contributed by atoms with Crippen LogP contribution in [0.3, 0.4) is 0 Å². The molecule has 0 spiro atoms. The van der Waals surface area contributed by atoms with Crippen LogP contribution in [0.5, 0.6) is 0 Å². The molecule has 0 aliphatic rings. The Kier molecular flexibility index (Phi) is 4.00. The number of nitrogens with zero attached hydrogens (tertiary/aromatic N) is 1. The molecule has 3 aromatic rings. The molecule has 6 heteroatoms. The number of rotatable bonds is 4. The van der Waals surface area contributed by atoms with Crippen molar-refractivity contribution in [3.8, 4) is 0 Å². The minimum absolute atomic E-state index is 0.157. The zero-order valence-electron chi connectivity index (χ0n) is 12.5. The molecule has 2 aromatic heterocycles. The Morgan fingerprint density at radius 1 is 1.35 bits per heavy atom. The lowest BCUT2D eigenvalue weighted by atomic mass is 10.0. The van der Waals surface area contributed by atoms with Crippen LogP contribution in [0.25, 0.3) is 10.2 Å². The average molecular weight is 348 g/mol. The number of carbonyl (C=O) groups excluding carboxylic acids is 1. The number of carbonyl (C=O) groups is 2. The van der Waals surface area contributed by atoms with Crippen molar-refractivity contribution in [1.82, 2.24) is 4.57 Å². The fourth-order valence-electron chi connectivity index (χ4n) is 2.57. The molecule has 118 valence electrons. The highest BCUT2D eigenvalue weighted by Gasteiger charge is 2.24. The van der Waals surface area contributed by atoms with E-state index in [1.807, 2.05) is 12.3 Å². The van der Waals surface area contributed by atoms with Gasteiger partial charge in [0.2, 0.25) is 0 Å². The lowest BCUT2D eigenvalue weighted by Gasteiger charge is -2.08. The molecule has 0 aliphatic heterocycles. The fourth-order valence-corrected chi connectivity index (χ4v) is 3.89. The van der Waals surface area contributed by atoms with Crippen LogP contribution in [-0.2, 0) is 4.79 Å². The van der Waals surface area contributed by atoms with Gasteiger partial charge in [0.25, 0.3) is 0 Å². The van der Waals surface area contributed by atoms with E-state index in [1.165, 1.54) is 11.3 Å². The number of aromatic nitrogens is 1. The Hall–Kier alpha value is -2.11. The number of aryl methyl sites for hydroxylation is 1. The molecule has 1 N–H and O–H groups in total. The van der Waals surface area contributed by atoms with Crippen LogP contribution in [0.15, 0.2) is 35.8 Å². The van der Waals surface area contributed by atoms with Crippen LogP contribution >= 0.6 is 22.9 Å². The number of benzene rings is 1. The van der Waals surface area contributed by atoms with Crippen molar-refractivity contribution < 1.29 is 14.7 Å². The van der Waals surface area contributed by atoms with Crippen LogP contribution in [-0.4, -0.2) is 21.4 Å². The largest absolute Gasteiger partial charge is 0.480 e. The number of aliphatic carboxylic acids is 1. The van der Waals surface area contributed by atoms with Gasteiger partial charge in [-0.1, -0.05) is 23.7 Å². The number of carboxylic acid groups (broad SMARTS) is 1. The number of hydrogen-bond acceptors (Lipinski definition) is 3. The second-order valence-corrected chi connectivity index (χ2v) is 6.70. The van der Waals surface area contributed by atoms with E-state index in [4.69, 9.17) is 11.6 Å². The van der Waals surface area contributed by atoms with Crippen LogP contribution < -0.4 is 0 Å². The first-order valence-corrected chi connectivity index (χ1v) is 8.27. The minimum Gasteiger partial charge on any atom is -0.480 e. The molecule has 0 fully saturated rings. The summed E-state index contributed by atoms with van der Waals surface area (Å²) in [5.74, 6) is -1.09. The highest BCUT2D eigenvalue weighted by molar-refractivity contribution is 7.17. The van der Waals surface area contributed by atoms with Crippen molar-refractivity contribution >= 4 is 44.9 Å². The molecule has 1 aromatic carbocycles. The van der Waals surface area contributed by atoms with Gasteiger partial charge >= 0.3 is 5.97 Å². The molecule has 3 rings (SSSR count). The van der Waals surface area contributed by atoms with Crippen molar-refractivity contribution in [2.24, 2.45) is 0 Å². The zero-order chi connectivity index (χ0) is 16.7. The van der Waals surface area contributed by atoms with Gasteiger partial charge in [0, 0.05) is 27.7 Å². The van der Waals surface area contributed by atoms with E-state index in [2.05, 4.69) is 0 Å². The third-order valence-electron chi connectivity index (χ3n) is 3.83. The smallest absolute Gasteiger partial charge is 0.326 e. The van der Waals surface area contributed by atoms with Crippen LogP contribution in [0.1, 0.15) is 34.5 Å². The third-order valence-corrected chi connectivity index (χ3v) is 5.18. The van der Waals surface area contributed by atoms with Gasteiger partial charge in [0.15, 0.2) is 5.78 Å². The van der Waals surface area contributed by atoms with Crippen molar-refractivity contribution in [3.05, 3.63) is 57.6 Å². The Labute approximate surface area is 141 Å². The molecule has 1 unspecified atom stereocenters. The standard InChI is InChI=1S/C17H14ClNO3S/c1-9-8-23-16-14(9)13(7-19(16)10(2)17(21)22)15(20)11-4-3-5-12(18)6-11/h3-8,10H,1-2H3,(H,21,22). The van der Waals surface area contributed by atoms with E-state index in [0.29, 0.717) is 16.1 Å². The average Bonchev–Trinajstić information content (AvgIpc) is 3.07. The molecule has 0 aliphatic carbocycles. The summed E-state index contributed by atoms with van der Waals surface area (Å²) in [7, 11) is 0. The minimum atomic E-state index is -0.935. The highest BCUT2D eigenvalue weighted by atomic mass is 35.5. The Bertz CT molecular complexity index is 925. The lowest BCUT2D eigenvalue weighted by Crippen LogP contribution is -2.14. The maximum atomic E-state index is 12.9. The van der Waals surface area contributed by atoms with E-state index >= 15 is 0 Å². The first-order chi connectivity index (χ1) is 10.9. The number of ketones is 1. The van der Waals surface area contributed by atoms with E-state index in [1.54, 1.807) is 42.0 Å². The van der Waals surface area contributed by atoms with Gasteiger partial charge in [-0.2, -0.15) is 0 Å². The predicted molar refractivity (Wildman–Crippen MR) is 91.8 cm³/mol. The quantitative estimate of drug-likeness (QED) is 0.705. The molecule has 2 heterocycles. The number of thiophene rings is 1. The lowest BCUT2D eigenvalue weighted by molar-refractivity contribution is -0.140. The van der Waals surface area contributed by atoms with E-state index in [-0.39, 0.29) is 5.78 Å². The molecule has 0 bridgehead atoms.